The van der Waals surface area contributed by atoms with E-state index >= 15 is 0 Å². The van der Waals surface area contributed by atoms with E-state index in [1.807, 2.05) is 18.2 Å². The average Bonchev–Trinajstić information content (AvgIpc) is 3.22. The van der Waals surface area contributed by atoms with Crippen LogP contribution in [0.25, 0.3) is 11.0 Å². The molecular weight excluding hydrogens is 474 g/mol. The number of anilines is 2. The number of rotatable bonds is 8. The van der Waals surface area contributed by atoms with Gasteiger partial charge >= 0.3 is 0 Å². The lowest BCUT2D eigenvalue weighted by atomic mass is 10.2. The number of aromatic nitrogens is 2. The fourth-order valence-electron chi connectivity index (χ4n) is 4.55. The summed E-state index contributed by atoms with van der Waals surface area (Å²) in [5.41, 5.74) is 3.92. The van der Waals surface area contributed by atoms with Crippen LogP contribution in [0.15, 0.2) is 72.8 Å². The summed E-state index contributed by atoms with van der Waals surface area (Å²) in [5.74, 6) is 1.42. The number of nitrogens with one attached hydrogen (secondary N) is 1. The van der Waals surface area contributed by atoms with Crippen molar-refractivity contribution >= 4 is 39.9 Å². The summed E-state index contributed by atoms with van der Waals surface area (Å²) in [6, 6.07) is 23.4. The zero-order valence-corrected chi connectivity index (χ0v) is 21.1. The molecule has 0 saturated carbocycles. The second kappa shape index (κ2) is 11.0. The number of benzene rings is 3. The average molecular weight is 504 g/mol. The second-order valence-electron chi connectivity index (χ2n) is 9.00. The highest BCUT2D eigenvalue weighted by molar-refractivity contribution is 6.30. The summed E-state index contributed by atoms with van der Waals surface area (Å²) in [5, 5.41) is 3.52. The highest BCUT2D eigenvalue weighted by Gasteiger charge is 2.18. The molecule has 3 aromatic carbocycles. The molecule has 1 aromatic heterocycles. The third-order valence-electron chi connectivity index (χ3n) is 6.59. The first-order valence-electron chi connectivity index (χ1n) is 12.2. The molecule has 1 N–H and O–H groups in total. The fraction of sp³-hybridized carbons (Fsp3) is 0.286. The Morgan fingerprint density at radius 1 is 1.00 bits per heavy atom. The molecule has 1 aliphatic heterocycles. The molecule has 8 heteroatoms. The molecule has 1 fully saturated rings. The Morgan fingerprint density at radius 2 is 1.75 bits per heavy atom. The second-order valence-corrected chi connectivity index (χ2v) is 9.43. The molecule has 186 valence electrons. The molecule has 0 spiro atoms. The number of carbonyl (C=O) groups is 1. The van der Waals surface area contributed by atoms with Crippen molar-refractivity contribution in [1.29, 1.82) is 0 Å². The molecule has 5 rings (SSSR count). The maximum atomic E-state index is 12.4. The molecule has 7 nitrogen and oxygen atoms in total. The fourth-order valence-corrected chi connectivity index (χ4v) is 4.68. The van der Waals surface area contributed by atoms with E-state index in [0.29, 0.717) is 16.5 Å². The predicted octanol–water partition coefficient (Wildman–Crippen LogP) is 4.61. The van der Waals surface area contributed by atoms with Crippen molar-refractivity contribution in [3.63, 3.8) is 0 Å². The summed E-state index contributed by atoms with van der Waals surface area (Å²) in [7, 11) is 2.05. The van der Waals surface area contributed by atoms with Gasteiger partial charge in [0.25, 0.3) is 5.91 Å². The van der Waals surface area contributed by atoms with E-state index in [0.717, 1.165) is 56.0 Å². The quantitative estimate of drug-likeness (QED) is 0.380. The maximum absolute atomic E-state index is 12.4. The SMILES string of the molecule is Cn1c(CCN2CCN(c3ccccc3)CC2)nc2cc(NC(=O)COc3ccc(Cl)cc3)ccc21. The Kier molecular flexibility index (Phi) is 7.39. The van der Waals surface area contributed by atoms with Crippen LogP contribution < -0.4 is 15.0 Å². The molecule has 36 heavy (non-hydrogen) atoms. The van der Waals surface area contributed by atoms with Crippen molar-refractivity contribution in [2.24, 2.45) is 7.05 Å². The number of piperazine rings is 1. The highest BCUT2D eigenvalue weighted by Crippen LogP contribution is 2.21. The zero-order chi connectivity index (χ0) is 24.9. The number of para-hydroxylation sites is 1. The van der Waals surface area contributed by atoms with Gasteiger partial charge in [-0.05, 0) is 54.6 Å². The molecule has 2 heterocycles. The topological polar surface area (TPSA) is 62.6 Å². The largest absolute Gasteiger partial charge is 0.484 e. The predicted molar refractivity (Wildman–Crippen MR) is 145 cm³/mol. The minimum Gasteiger partial charge on any atom is -0.484 e. The summed E-state index contributed by atoms with van der Waals surface area (Å²) < 4.78 is 7.67. The lowest BCUT2D eigenvalue weighted by molar-refractivity contribution is -0.118. The third-order valence-corrected chi connectivity index (χ3v) is 6.84. The van der Waals surface area contributed by atoms with E-state index in [1.165, 1.54) is 5.69 Å². The van der Waals surface area contributed by atoms with Crippen LogP contribution in [0.5, 0.6) is 5.75 Å². The van der Waals surface area contributed by atoms with Crippen LogP contribution >= 0.6 is 11.6 Å². The molecule has 4 aromatic rings. The summed E-state index contributed by atoms with van der Waals surface area (Å²) >= 11 is 5.88. The first kappa shape index (κ1) is 24.2. The number of hydrogen-bond donors (Lipinski definition) is 1. The van der Waals surface area contributed by atoms with Crippen LogP contribution in [0.2, 0.25) is 5.02 Å². The van der Waals surface area contributed by atoms with Gasteiger partial charge < -0.3 is 19.5 Å². The van der Waals surface area contributed by atoms with Crippen molar-refractivity contribution < 1.29 is 9.53 Å². The van der Waals surface area contributed by atoms with Crippen LogP contribution in [0, 0.1) is 0 Å². The summed E-state index contributed by atoms with van der Waals surface area (Å²) in [6.07, 6.45) is 0.882. The third kappa shape index (κ3) is 5.80. The van der Waals surface area contributed by atoms with Crippen molar-refractivity contribution in [3.8, 4) is 5.75 Å². The summed E-state index contributed by atoms with van der Waals surface area (Å²) in [4.78, 5) is 22.2. The lowest BCUT2D eigenvalue weighted by Gasteiger charge is -2.36. The normalized spacial score (nSPS) is 14.2. The van der Waals surface area contributed by atoms with Gasteiger partial charge in [0, 0.05) is 62.6 Å². The molecule has 1 aliphatic rings. The molecule has 1 amide bonds. The molecular formula is C28H30ClN5O2. The number of amides is 1. The van der Waals surface area contributed by atoms with E-state index < -0.39 is 0 Å². The maximum Gasteiger partial charge on any atom is 0.262 e. The van der Waals surface area contributed by atoms with Crippen molar-refractivity contribution in [3.05, 3.63) is 83.6 Å². The Balaban J connectivity index is 1.14. The van der Waals surface area contributed by atoms with Gasteiger partial charge in [0.1, 0.15) is 11.6 Å². The number of aryl methyl sites for hydroxylation is 1. The van der Waals surface area contributed by atoms with Gasteiger partial charge in [-0.2, -0.15) is 0 Å². The molecule has 0 bridgehead atoms. The van der Waals surface area contributed by atoms with Crippen LogP contribution in [0.4, 0.5) is 11.4 Å². The van der Waals surface area contributed by atoms with Crippen LogP contribution in [0.3, 0.4) is 0 Å². The van der Waals surface area contributed by atoms with E-state index in [1.54, 1.807) is 24.3 Å². The van der Waals surface area contributed by atoms with Gasteiger partial charge in [-0.3, -0.25) is 9.69 Å². The van der Waals surface area contributed by atoms with Gasteiger partial charge in [0.2, 0.25) is 0 Å². The van der Waals surface area contributed by atoms with Gasteiger partial charge in [0.15, 0.2) is 6.61 Å². The Hall–Kier alpha value is -3.55. The standard InChI is InChI=1S/C28H30ClN5O2/c1-32-26-12-9-22(30-28(35)20-36-24-10-7-21(29)8-11-24)19-25(26)31-27(32)13-14-33-15-17-34(18-16-33)23-5-3-2-4-6-23/h2-12,19H,13-18,20H2,1H3,(H,30,35). The van der Waals surface area contributed by atoms with E-state index in [9.17, 15) is 4.79 Å². The van der Waals surface area contributed by atoms with Crippen molar-refractivity contribution in [2.45, 2.75) is 6.42 Å². The summed E-state index contributed by atoms with van der Waals surface area (Å²) in [6.45, 7) is 5.07. The van der Waals surface area contributed by atoms with E-state index in [2.05, 4.69) is 57.1 Å². The Morgan fingerprint density at radius 3 is 2.50 bits per heavy atom. The molecule has 0 atom stereocenters. The number of halogens is 1. The number of hydrogen-bond acceptors (Lipinski definition) is 5. The zero-order valence-electron chi connectivity index (χ0n) is 20.4. The molecule has 0 unspecified atom stereocenters. The molecule has 1 saturated heterocycles. The Bertz CT molecular complexity index is 1320. The van der Waals surface area contributed by atoms with Crippen molar-refractivity contribution in [2.75, 3.05) is 49.5 Å². The molecule has 0 aliphatic carbocycles. The van der Waals surface area contributed by atoms with Crippen LogP contribution in [0.1, 0.15) is 5.82 Å². The van der Waals surface area contributed by atoms with Gasteiger partial charge in [-0.15, -0.1) is 0 Å². The monoisotopic (exact) mass is 503 g/mol. The highest BCUT2D eigenvalue weighted by atomic mass is 35.5. The van der Waals surface area contributed by atoms with Crippen molar-refractivity contribution in [1.82, 2.24) is 14.5 Å². The number of carbonyl (C=O) groups excluding carboxylic acids is 1. The Labute approximate surface area is 216 Å². The first-order chi connectivity index (χ1) is 17.5. The van der Waals surface area contributed by atoms with Gasteiger partial charge in [-0.25, -0.2) is 4.98 Å². The smallest absolute Gasteiger partial charge is 0.262 e. The van der Waals surface area contributed by atoms with Gasteiger partial charge in [0.05, 0.1) is 11.0 Å². The van der Waals surface area contributed by atoms with E-state index in [4.69, 9.17) is 21.3 Å². The molecule has 0 radical (unpaired) electrons. The van der Waals surface area contributed by atoms with Crippen LogP contribution in [-0.2, 0) is 18.3 Å². The first-order valence-corrected chi connectivity index (χ1v) is 12.6. The lowest BCUT2D eigenvalue weighted by Crippen LogP contribution is -2.47. The van der Waals surface area contributed by atoms with E-state index in [-0.39, 0.29) is 12.5 Å². The van der Waals surface area contributed by atoms with Crippen LogP contribution in [-0.4, -0.2) is 59.7 Å². The number of nitrogens with zero attached hydrogens (tertiary/aromatic N) is 4. The minimum atomic E-state index is -0.227. The number of ether oxygens (including phenoxy) is 1. The minimum absolute atomic E-state index is 0.0787. The van der Waals surface area contributed by atoms with Gasteiger partial charge in [-0.1, -0.05) is 29.8 Å². The number of fused-ring (bicyclic) bond motifs is 1. The number of imidazole rings is 1.